The number of sulfonamides is 1. The quantitative estimate of drug-likeness (QED) is 0.675. The van der Waals surface area contributed by atoms with E-state index in [0.29, 0.717) is 24.2 Å². The van der Waals surface area contributed by atoms with Gasteiger partial charge in [0.2, 0.25) is 10.0 Å². The third kappa shape index (κ3) is 4.13. The summed E-state index contributed by atoms with van der Waals surface area (Å²) in [5, 5.41) is 5.41. The highest BCUT2D eigenvalue weighted by molar-refractivity contribution is 7.89. The Labute approximate surface area is 187 Å². The number of methoxy groups -OCH3 is 1. The molecular weight excluding hydrogens is 430 g/mol. The van der Waals surface area contributed by atoms with Crippen molar-refractivity contribution in [2.45, 2.75) is 30.2 Å². The molecule has 1 fully saturated rings. The second-order valence-corrected chi connectivity index (χ2v) is 9.59. The molecule has 1 atom stereocenters. The molecule has 1 saturated heterocycles. The average Bonchev–Trinajstić information content (AvgIpc) is 2.84. The summed E-state index contributed by atoms with van der Waals surface area (Å²) >= 11 is 0. The molecule has 2 amide bonds. The van der Waals surface area contributed by atoms with E-state index in [1.54, 1.807) is 42.5 Å². The monoisotopic (exact) mass is 455 g/mol. The molecule has 4 rings (SSSR count). The van der Waals surface area contributed by atoms with Crippen LogP contribution in [0.1, 0.15) is 36.4 Å². The molecule has 2 heterocycles. The third-order valence-electron chi connectivity index (χ3n) is 5.70. The first-order chi connectivity index (χ1) is 15.4. The fourth-order valence-corrected chi connectivity index (χ4v) is 5.91. The van der Waals surface area contributed by atoms with Gasteiger partial charge in [-0.3, -0.25) is 0 Å². The van der Waals surface area contributed by atoms with Crippen LogP contribution in [0.2, 0.25) is 0 Å². The molecule has 2 aliphatic rings. The minimum Gasteiger partial charge on any atom is -0.466 e. The van der Waals surface area contributed by atoms with Crippen LogP contribution in [0.4, 0.5) is 4.79 Å². The number of esters is 1. The largest absolute Gasteiger partial charge is 0.466 e. The van der Waals surface area contributed by atoms with Gasteiger partial charge in [-0.25, -0.2) is 18.0 Å². The lowest BCUT2D eigenvalue weighted by Crippen LogP contribution is -2.46. The lowest BCUT2D eigenvalue weighted by Gasteiger charge is -2.32. The van der Waals surface area contributed by atoms with Gasteiger partial charge >= 0.3 is 12.0 Å². The summed E-state index contributed by atoms with van der Waals surface area (Å²) in [4.78, 5) is 25.5. The van der Waals surface area contributed by atoms with E-state index in [9.17, 15) is 18.0 Å². The summed E-state index contributed by atoms with van der Waals surface area (Å²) in [6, 6.07) is 13.9. The van der Waals surface area contributed by atoms with Gasteiger partial charge < -0.3 is 15.4 Å². The minimum atomic E-state index is -3.81. The lowest BCUT2D eigenvalue weighted by molar-refractivity contribution is -0.136. The highest BCUT2D eigenvalue weighted by atomic mass is 32.2. The number of nitrogens with one attached hydrogen (secondary N) is 2. The second-order valence-electron chi connectivity index (χ2n) is 7.68. The smallest absolute Gasteiger partial charge is 0.338 e. The minimum absolute atomic E-state index is 0.0721. The number of carbonyl (C=O) groups is 2. The fraction of sp³-hybridized carbons (Fsp3) is 0.304. The Morgan fingerprint density at radius 2 is 1.66 bits per heavy atom. The van der Waals surface area contributed by atoms with E-state index in [-0.39, 0.29) is 16.2 Å². The molecule has 32 heavy (non-hydrogen) atoms. The summed E-state index contributed by atoms with van der Waals surface area (Å²) in [7, 11) is -2.56. The van der Waals surface area contributed by atoms with Crippen LogP contribution in [0.25, 0.3) is 5.70 Å². The fourth-order valence-electron chi connectivity index (χ4n) is 4.16. The van der Waals surface area contributed by atoms with Crippen molar-refractivity contribution >= 4 is 27.7 Å². The third-order valence-corrected chi connectivity index (χ3v) is 7.68. The van der Waals surface area contributed by atoms with E-state index in [0.717, 1.165) is 19.3 Å². The van der Waals surface area contributed by atoms with Crippen molar-refractivity contribution in [1.82, 2.24) is 14.9 Å². The van der Waals surface area contributed by atoms with E-state index >= 15 is 0 Å². The molecule has 2 aromatic rings. The summed E-state index contributed by atoms with van der Waals surface area (Å²) in [5.74, 6) is -0.661. The van der Waals surface area contributed by atoms with E-state index < -0.39 is 28.1 Å². The number of hydrogen-bond donors (Lipinski definition) is 2. The average molecular weight is 456 g/mol. The van der Waals surface area contributed by atoms with E-state index in [1.165, 1.54) is 17.5 Å². The molecule has 2 aliphatic heterocycles. The van der Waals surface area contributed by atoms with Crippen LogP contribution in [0.3, 0.4) is 0 Å². The number of carbonyl (C=O) groups excluding carboxylic acids is 2. The van der Waals surface area contributed by atoms with Gasteiger partial charge in [-0.05, 0) is 30.0 Å². The number of amides is 2. The Morgan fingerprint density at radius 3 is 2.34 bits per heavy atom. The van der Waals surface area contributed by atoms with Crippen LogP contribution < -0.4 is 10.6 Å². The zero-order valence-electron chi connectivity index (χ0n) is 17.7. The van der Waals surface area contributed by atoms with Gasteiger partial charge in [0.15, 0.2) is 0 Å². The van der Waals surface area contributed by atoms with Gasteiger partial charge in [0, 0.05) is 13.1 Å². The van der Waals surface area contributed by atoms with Gasteiger partial charge in [-0.15, -0.1) is 0 Å². The Hall–Kier alpha value is -3.17. The SMILES string of the molecule is COC(=O)C1=C(c2ccccc2)NC(=O)NC1c1ccccc1S(=O)(=O)N1CCCCC1. The van der Waals surface area contributed by atoms with Crippen molar-refractivity contribution in [3.63, 3.8) is 0 Å². The molecule has 8 nitrogen and oxygen atoms in total. The standard InChI is InChI=1S/C23H25N3O5S/c1-31-22(27)19-20(16-10-4-2-5-11-16)24-23(28)25-21(19)17-12-6-7-13-18(17)32(29,30)26-14-8-3-9-15-26/h2,4-7,10-13,21H,3,8-9,14-15H2,1H3,(H2,24,25,28). The van der Waals surface area contributed by atoms with Crippen molar-refractivity contribution in [2.75, 3.05) is 20.2 Å². The van der Waals surface area contributed by atoms with E-state index in [4.69, 9.17) is 4.74 Å². The van der Waals surface area contributed by atoms with E-state index in [2.05, 4.69) is 10.6 Å². The second kappa shape index (κ2) is 9.13. The first kappa shape index (κ1) is 22.0. The molecule has 0 bridgehead atoms. The molecule has 2 aromatic carbocycles. The summed E-state index contributed by atoms with van der Waals surface area (Å²) in [5.41, 5.74) is 1.36. The molecule has 168 valence electrons. The first-order valence-electron chi connectivity index (χ1n) is 10.5. The molecule has 0 aromatic heterocycles. The van der Waals surface area contributed by atoms with Crippen molar-refractivity contribution < 1.29 is 22.7 Å². The van der Waals surface area contributed by atoms with Crippen LogP contribution >= 0.6 is 0 Å². The molecule has 1 unspecified atom stereocenters. The number of nitrogens with zero attached hydrogens (tertiary/aromatic N) is 1. The zero-order chi connectivity index (χ0) is 22.7. The van der Waals surface area contributed by atoms with Crippen molar-refractivity contribution in [3.8, 4) is 0 Å². The molecule has 0 radical (unpaired) electrons. The van der Waals surface area contributed by atoms with E-state index in [1.807, 2.05) is 6.07 Å². The van der Waals surface area contributed by atoms with Crippen molar-refractivity contribution in [1.29, 1.82) is 0 Å². The van der Waals surface area contributed by atoms with Gasteiger partial charge in [0.05, 0.1) is 29.3 Å². The number of ether oxygens (including phenoxy) is 1. The van der Waals surface area contributed by atoms with Crippen LogP contribution in [0.15, 0.2) is 65.1 Å². The Balaban J connectivity index is 1.89. The molecule has 0 saturated carbocycles. The van der Waals surface area contributed by atoms with Crippen molar-refractivity contribution in [2.24, 2.45) is 0 Å². The normalized spacial score (nSPS) is 19.8. The number of piperidine rings is 1. The highest BCUT2D eigenvalue weighted by Gasteiger charge is 2.38. The molecule has 2 N–H and O–H groups in total. The van der Waals surface area contributed by atoms with Crippen molar-refractivity contribution in [3.05, 3.63) is 71.3 Å². The summed E-state index contributed by atoms with van der Waals surface area (Å²) < 4.78 is 33.5. The van der Waals surface area contributed by atoms with Gasteiger partial charge in [-0.1, -0.05) is 55.0 Å². The van der Waals surface area contributed by atoms with Gasteiger partial charge in [-0.2, -0.15) is 4.31 Å². The number of benzene rings is 2. The Kier molecular flexibility index (Phi) is 6.29. The molecule has 0 aliphatic carbocycles. The Bertz CT molecular complexity index is 1160. The molecule has 0 spiro atoms. The summed E-state index contributed by atoms with van der Waals surface area (Å²) in [6.07, 6.45) is 2.60. The number of hydrogen-bond acceptors (Lipinski definition) is 5. The number of urea groups is 1. The predicted molar refractivity (Wildman–Crippen MR) is 119 cm³/mol. The Morgan fingerprint density at radius 1 is 1.00 bits per heavy atom. The number of rotatable bonds is 5. The van der Waals surface area contributed by atoms with Gasteiger partial charge in [0.1, 0.15) is 0 Å². The molecule has 9 heteroatoms. The maximum atomic E-state index is 13.5. The van der Waals surface area contributed by atoms with Crippen LogP contribution in [0.5, 0.6) is 0 Å². The van der Waals surface area contributed by atoms with Crippen LogP contribution in [0, 0.1) is 0 Å². The maximum absolute atomic E-state index is 13.5. The topological polar surface area (TPSA) is 105 Å². The highest BCUT2D eigenvalue weighted by Crippen LogP contribution is 2.36. The lowest BCUT2D eigenvalue weighted by atomic mass is 9.92. The summed E-state index contributed by atoms with van der Waals surface area (Å²) in [6.45, 7) is 0.897. The maximum Gasteiger partial charge on any atom is 0.338 e. The van der Waals surface area contributed by atoms with Gasteiger partial charge in [0.25, 0.3) is 0 Å². The van der Waals surface area contributed by atoms with Crippen LogP contribution in [-0.4, -0.2) is 44.9 Å². The first-order valence-corrected chi connectivity index (χ1v) is 11.9. The predicted octanol–water partition coefficient (Wildman–Crippen LogP) is 2.80. The zero-order valence-corrected chi connectivity index (χ0v) is 18.5. The molecular formula is C23H25N3O5S. The van der Waals surface area contributed by atoms with Crippen LogP contribution in [-0.2, 0) is 19.6 Å².